The number of nitrogens with zero attached hydrogens (tertiary/aromatic N) is 3. The second-order valence-corrected chi connectivity index (χ2v) is 5.28. The SMILES string of the molecule is Brc1ccc(N2CCCCCC2)c2nonc12. The topological polar surface area (TPSA) is 42.2 Å². The molecule has 0 spiro atoms. The molecule has 90 valence electrons. The zero-order valence-corrected chi connectivity index (χ0v) is 11.1. The molecule has 0 radical (unpaired) electrons. The van der Waals surface area contributed by atoms with Gasteiger partial charge in [-0.05, 0) is 51.2 Å². The van der Waals surface area contributed by atoms with Crippen molar-refractivity contribution >= 4 is 32.7 Å². The van der Waals surface area contributed by atoms with Gasteiger partial charge in [-0.2, -0.15) is 0 Å². The van der Waals surface area contributed by atoms with Gasteiger partial charge in [0.05, 0.1) is 5.69 Å². The van der Waals surface area contributed by atoms with Crippen molar-refractivity contribution in [2.24, 2.45) is 0 Å². The van der Waals surface area contributed by atoms with Gasteiger partial charge in [-0.25, -0.2) is 4.63 Å². The lowest BCUT2D eigenvalue weighted by Gasteiger charge is -2.22. The Balaban J connectivity index is 2.04. The average Bonchev–Trinajstić information content (AvgIpc) is 2.67. The highest BCUT2D eigenvalue weighted by Crippen LogP contribution is 2.31. The minimum absolute atomic E-state index is 0.812. The standard InChI is InChI=1S/C12H14BrN3O/c13-9-5-6-10(12-11(9)14-17-15-12)16-7-3-1-2-4-8-16/h5-6H,1-4,7-8H2. The van der Waals surface area contributed by atoms with Crippen LogP contribution < -0.4 is 4.90 Å². The summed E-state index contributed by atoms with van der Waals surface area (Å²) in [5, 5.41) is 7.97. The van der Waals surface area contributed by atoms with Crippen LogP contribution in [-0.4, -0.2) is 23.4 Å². The molecule has 1 aromatic carbocycles. The normalized spacial score (nSPS) is 17.4. The van der Waals surface area contributed by atoms with Gasteiger partial charge in [0.15, 0.2) is 11.0 Å². The van der Waals surface area contributed by atoms with Crippen LogP contribution in [0.4, 0.5) is 5.69 Å². The Morgan fingerprint density at radius 3 is 2.47 bits per heavy atom. The number of anilines is 1. The van der Waals surface area contributed by atoms with Crippen molar-refractivity contribution in [1.29, 1.82) is 0 Å². The maximum Gasteiger partial charge on any atom is 0.159 e. The van der Waals surface area contributed by atoms with Crippen LogP contribution in [0.25, 0.3) is 11.0 Å². The fourth-order valence-corrected chi connectivity index (χ4v) is 2.78. The third-order valence-electron chi connectivity index (χ3n) is 3.29. The molecule has 1 aromatic heterocycles. The Kier molecular flexibility index (Phi) is 3.01. The van der Waals surface area contributed by atoms with Crippen LogP contribution in [0.1, 0.15) is 25.7 Å². The van der Waals surface area contributed by atoms with Crippen LogP contribution in [0.15, 0.2) is 21.2 Å². The summed E-state index contributed by atoms with van der Waals surface area (Å²) in [6.07, 6.45) is 5.16. The molecule has 0 N–H and O–H groups in total. The summed E-state index contributed by atoms with van der Waals surface area (Å²) < 4.78 is 5.79. The summed E-state index contributed by atoms with van der Waals surface area (Å²) >= 11 is 3.47. The zero-order valence-electron chi connectivity index (χ0n) is 9.53. The van der Waals surface area contributed by atoms with E-state index < -0.39 is 0 Å². The van der Waals surface area contributed by atoms with Gasteiger partial charge in [0.25, 0.3) is 0 Å². The fraction of sp³-hybridized carbons (Fsp3) is 0.500. The van der Waals surface area contributed by atoms with Crippen LogP contribution in [0.3, 0.4) is 0 Å². The van der Waals surface area contributed by atoms with Crippen LogP contribution in [-0.2, 0) is 0 Å². The lowest BCUT2D eigenvalue weighted by Crippen LogP contribution is -2.24. The number of fused-ring (bicyclic) bond motifs is 1. The average molecular weight is 296 g/mol. The second-order valence-electron chi connectivity index (χ2n) is 4.43. The predicted octanol–water partition coefficient (Wildman–Crippen LogP) is 3.37. The number of halogens is 1. The number of rotatable bonds is 1. The predicted molar refractivity (Wildman–Crippen MR) is 70.2 cm³/mol. The molecule has 4 nitrogen and oxygen atoms in total. The number of hydrogen-bond acceptors (Lipinski definition) is 4. The van der Waals surface area contributed by atoms with E-state index in [4.69, 9.17) is 4.63 Å². The monoisotopic (exact) mass is 295 g/mol. The summed E-state index contributed by atoms with van der Waals surface area (Å²) in [6, 6.07) is 4.12. The van der Waals surface area contributed by atoms with E-state index in [0.29, 0.717) is 0 Å². The van der Waals surface area contributed by atoms with Crippen LogP contribution >= 0.6 is 15.9 Å². The van der Waals surface area contributed by atoms with Crippen LogP contribution in [0.2, 0.25) is 0 Å². The molecule has 0 unspecified atom stereocenters. The molecule has 1 aliphatic rings. The first-order chi connectivity index (χ1) is 8.36. The zero-order chi connectivity index (χ0) is 11.7. The first kappa shape index (κ1) is 11.0. The van der Waals surface area contributed by atoms with Gasteiger partial charge in [0, 0.05) is 17.6 Å². The Labute approximate surface area is 108 Å². The van der Waals surface area contributed by atoms with Gasteiger partial charge in [-0.15, -0.1) is 0 Å². The maximum atomic E-state index is 4.85. The third kappa shape index (κ3) is 2.04. The largest absolute Gasteiger partial charge is 0.370 e. The number of benzene rings is 1. The molecule has 3 rings (SSSR count). The molecule has 0 bridgehead atoms. The Morgan fingerprint density at radius 1 is 1.00 bits per heavy atom. The van der Waals surface area contributed by atoms with Crippen molar-refractivity contribution in [1.82, 2.24) is 10.3 Å². The van der Waals surface area contributed by atoms with Crippen molar-refractivity contribution in [2.45, 2.75) is 25.7 Å². The highest BCUT2D eigenvalue weighted by atomic mass is 79.9. The first-order valence-corrected chi connectivity index (χ1v) is 6.81. The third-order valence-corrected chi connectivity index (χ3v) is 3.93. The molecular weight excluding hydrogens is 282 g/mol. The summed E-state index contributed by atoms with van der Waals surface area (Å²) in [6.45, 7) is 2.20. The van der Waals surface area contributed by atoms with Crippen molar-refractivity contribution in [3.8, 4) is 0 Å². The van der Waals surface area contributed by atoms with Gasteiger partial charge in [0.1, 0.15) is 0 Å². The summed E-state index contributed by atoms with van der Waals surface area (Å²) in [5.74, 6) is 0. The van der Waals surface area contributed by atoms with Gasteiger partial charge in [-0.1, -0.05) is 12.8 Å². The van der Waals surface area contributed by atoms with Gasteiger partial charge in [0.2, 0.25) is 0 Å². The fourth-order valence-electron chi connectivity index (χ4n) is 2.39. The summed E-state index contributed by atoms with van der Waals surface area (Å²) in [7, 11) is 0. The van der Waals surface area contributed by atoms with E-state index >= 15 is 0 Å². The molecule has 0 amide bonds. The molecular formula is C12H14BrN3O. The molecule has 5 heteroatoms. The molecule has 0 aliphatic carbocycles. The molecule has 1 saturated heterocycles. The van der Waals surface area contributed by atoms with Crippen molar-refractivity contribution < 1.29 is 4.63 Å². The Hall–Kier alpha value is -1.10. The maximum absolute atomic E-state index is 4.85. The van der Waals surface area contributed by atoms with E-state index in [1.165, 1.54) is 25.7 Å². The highest BCUT2D eigenvalue weighted by Gasteiger charge is 2.16. The van der Waals surface area contributed by atoms with Gasteiger partial charge < -0.3 is 4.90 Å². The van der Waals surface area contributed by atoms with E-state index in [0.717, 1.165) is 34.3 Å². The molecule has 1 fully saturated rings. The number of hydrogen-bond donors (Lipinski definition) is 0. The quantitative estimate of drug-likeness (QED) is 0.809. The lowest BCUT2D eigenvalue weighted by atomic mass is 10.2. The van der Waals surface area contributed by atoms with E-state index in [-0.39, 0.29) is 0 Å². The van der Waals surface area contributed by atoms with Gasteiger partial charge in [-0.3, -0.25) is 0 Å². The van der Waals surface area contributed by atoms with Crippen LogP contribution in [0.5, 0.6) is 0 Å². The molecule has 17 heavy (non-hydrogen) atoms. The van der Waals surface area contributed by atoms with E-state index in [1.807, 2.05) is 6.07 Å². The Morgan fingerprint density at radius 2 is 1.71 bits per heavy atom. The molecule has 2 aromatic rings. The highest BCUT2D eigenvalue weighted by molar-refractivity contribution is 9.10. The van der Waals surface area contributed by atoms with E-state index in [1.54, 1.807) is 0 Å². The Bertz CT molecular complexity index is 517. The van der Waals surface area contributed by atoms with Crippen molar-refractivity contribution in [2.75, 3.05) is 18.0 Å². The van der Waals surface area contributed by atoms with Crippen molar-refractivity contribution in [3.05, 3.63) is 16.6 Å². The van der Waals surface area contributed by atoms with Gasteiger partial charge >= 0.3 is 0 Å². The molecule has 1 aliphatic heterocycles. The van der Waals surface area contributed by atoms with Crippen LogP contribution in [0, 0.1) is 0 Å². The minimum Gasteiger partial charge on any atom is -0.370 e. The van der Waals surface area contributed by atoms with E-state index in [2.05, 4.69) is 37.2 Å². The summed E-state index contributed by atoms with van der Waals surface area (Å²) in [5.41, 5.74) is 2.82. The second kappa shape index (κ2) is 4.64. The minimum atomic E-state index is 0.812. The molecule has 0 saturated carbocycles. The molecule has 2 heterocycles. The van der Waals surface area contributed by atoms with Crippen molar-refractivity contribution in [3.63, 3.8) is 0 Å². The first-order valence-electron chi connectivity index (χ1n) is 6.02. The smallest absolute Gasteiger partial charge is 0.159 e. The van der Waals surface area contributed by atoms with E-state index in [9.17, 15) is 0 Å². The molecule has 0 atom stereocenters. The lowest BCUT2D eigenvalue weighted by molar-refractivity contribution is 0.315. The number of aromatic nitrogens is 2. The summed E-state index contributed by atoms with van der Waals surface area (Å²) in [4.78, 5) is 2.39.